The molecule has 0 aliphatic heterocycles. The molecular weight excluding hydrogens is 264 g/mol. The van der Waals surface area contributed by atoms with Crippen LogP contribution in [0.15, 0.2) is 30.3 Å². The standard InChI is InChI=1S/C17H24N2O2/c1-4-17(2,9-10-20)18-12-14-11-13-7-5-6-8-15(13)19-16(14)21-3/h5-8,11,18,20H,4,9-10,12H2,1-3H3. The Hall–Kier alpha value is -1.65. The van der Waals surface area contributed by atoms with E-state index in [-0.39, 0.29) is 12.1 Å². The van der Waals surface area contributed by atoms with E-state index in [4.69, 9.17) is 4.74 Å². The molecule has 0 amide bonds. The van der Waals surface area contributed by atoms with Gasteiger partial charge in [0, 0.05) is 29.6 Å². The highest BCUT2D eigenvalue weighted by Crippen LogP contribution is 2.23. The molecule has 2 rings (SSSR count). The zero-order chi connectivity index (χ0) is 15.3. The molecule has 0 bridgehead atoms. The summed E-state index contributed by atoms with van der Waals surface area (Å²) in [6, 6.07) is 10.1. The molecule has 1 aromatic carbocycles. The van der Waals surface area contributed by atoms with Crippen LogP contribution in [0.1, 0.15) is 32.3 Å². The first-order chi connectivity index (χ1) is 10.1. The third-order valence-electron chi connectivity index (χ3n) is 4.11. The van der Waals surface area contributed by atoms with E-state index >= 15 is 0 Å². The van der Waals surface area contributed by atoms with Gasteiger partial charge in [-0.3, -0.25) is 0 Å². The second kappa shape index (κ2) is 6.87. The maximum atomic E-state index is 9.20. The smallest absolute Gasteiger partial charge is 0.218 e. The summed E-state index contributed by atoms with van der Waals surface area (Å²) in [5, 5.41) is 13.8. The van der Waals surface area contributed by atoms with Crippen molar-refractivity contribution in [3.05, 3.63) is 35.9 Å². The third-order valence-corrected chi connectivity index (χ3v) is 4.11. The molecule has 4 heteroatoms. The van der Waals surface area contributed by atoms with E-state index < -0.39 is 0 Å². The number of fused-ring (bicyclic) bond motifs is 1. The third kappa shape index (κ3) is 3.71. The zero-order valence-electron chi connectivity index (χ0n) is 13.0. The number of para-hydroxylation sites is 1. The summed E-state index contributed by atoms with van der Waals surface area (Å²) in [7, 11) is 1.65. The van der Waals surface area contributed by atoms with Crippen LogP contribution in [0.5, 0.6) is 5.88 Å². The van der Waals surface area contributed by atoms with Gasteiger partial charge in [0.1, 0.15) is 0 Å². The summed E-state index contributed by atoms with van der Waals surface area (Å²) >= 11 is 0. The van der Waals surface area contributed by atoms with E-state index in [1.807, 2.05) is 18.2 Å². The zero-order valence-corrected chi connectivity index (χ0v) is 13.0. The summed E-state index contributed by atoms with van der Waals surface area (Å²) in [4.78, 5) is 4.55. The van der Waals surface area contributed by atoms with Gasteiger partial charge in [-0.15, -0.1) is 0 Å². The van der Waals surface area contributed by atoms with Crippen molar-refractivity contribution in [3.63, 3.8) is 0 Å². The Balaban J connectivity index is 2.24. The molecular formula is C17H24N2O2. The van der Waals surface area contributed by atoms with Gasteiger partial charge in [0.05, 0.1) is 12.6 Å². The van der Waals surface area contributed by atoms with E-state index in [1.54, 1.807) is 7.11 Å². The molecule has 0 fully saturated rings. The lowest BCUT2D eigenvalue weighted by Gasteiger charge is -2.29. The Morgan fingerprint density at radius 2 is 2.10 bits per heavy atom. The second-order valence-corrected chi connectivity index (χ2v) is 5.59. The van der Waals surface area contributed by atoms with Gasteiger partial charge in [-0.1, -0.05) is 25.1 Å². The summed E-state index contributed by atoms with van der Waals surface area (Å²) in [5.41, 5.74) is 1.89. The molecule has 1 aromatic heterocycles. The molecule has 0 aliphatic carbocycles. The molecule has 0 aliphatic rings. The molecule has 0 saturated heterocycles. The number of rotatable bonds is 7. The Bertz CT molecular complexity index is 600. The Morgan fingerprint density at radius 3 is 2.76 bits per heavy atom. The number of benzene rings is 1. The maximum absolute atomic E-state index is 9.20. The topological polar surface area (TPSA) is 54.4 Å². The van der Waals surface area contributed by atoms with Crippen LogP contribution in [-0.4, -0.2) is 29.3 Å². The van der Waals surface area contributed by atoms with E-state index in [1.165, 1.54) is 0 Å². The second-order valence-electron chi connectivity index (χ2n) is 5.59. The van der Waals surface area contributed by atoms with Crippen molar-refractivity contribution < 1.29 is 9.84 Å². The number of methoxy groups -OCH3 is 1. The van der Waals surface area contributed by atoms with Crippen molar-refractivity contribution >= 4 is 10.9 Å². The van der Waals surface area contributed by atoms with E-state index in [9.17, 15) is 5.11 Å². The number of nitrogens with zero attached hydrogens (tertiary/aromatic N) is 1. The SMILES string of the molecule is CCC(C)(CCO)NCc1cc2ccccc2nc1OC. The number of aliphatic hydroxyl groups excluding tert-OH is 1. The highest BCUT2D eigenvalue weighted by atomic mass is 16.5. The first-order valence-corrected chi connectivity index (χ1v) is 7.40. The van der Waals surface area contributed by atoms with Gasteiger partial charge in [-0.05, 0) is 31.9 Å². The summed E-state index contributed by atoms with van der Waals surface area (Å²) < 4.78 is 5.41. The largest absolute Gasteiger partial charge is 0.481 e. The molecule has 4 nitrogen and oxygen atoms in total. The molecule has 2 N–H and O–H groups in total. The van der Waals surface area contributed by atoms with Crippen LogP contribution in [0.3, 0.4) is 0 Å². The number of hydrogen-bond donors (Lipinski definition) is 2. The van der Waals surface area contributed by atoms with Gasteiger partial charge in [-0.25, -0.2) is 4.98 Å². The monoisotopic (exact) mass is 288 g/mol. The average molecular weight is 288 g/mol. The van der Waals surface area contributed by atoms with E-state index in [2.05, 4.69) is 36.3 Å². The average Bonchev–Trinajstić information content (AvgIpc) is 2.52. The number of aromatic nitrogens is 1. The van der Waals surface area contributed by atoms with Gasteiger partial charge in [0.25, 0.3) is 0 Å². The van der Waals surface area contributed by atoms with Crippen LogP contribution in [-0.2, 0) is 6.54 Å². The molecule has 0 spiro atoms. The van der Waals surface area contributed by atoms with Crippen LogP contribution in [0, 0.1) is 0 Å². The predicted octanol–water partition coefficient (Wildman–Crippen LogP) is 2.88. The van der Waals surface area contributed by atoms with Crippen LogP contribution in [0.2, 0.25) is 0 Å². The van der Waals surface area contributed by atoms with Gasteiger partial charge in [0.15, 0.2) is 0 Å². The summed E-state index contributed by atoms with van der Waals surface area (Å²) in [6.07, 6.45) is 1.68. The first-order valence-electron chi connectivity index (χ1n) is 7.40. The fraction of sp³-hybridized carbons (Fsp3) is 0.471. The minimum absolute atomic E-state index is 0.0780. The van der Waals surface area contributed by atoms with Gasteiger partial charge < -0.3 is 15.2 Å². The number of nitrogens with one attached hydrogen (secondary N) is 1. The minimum atomic E-state index is -0.0780. The number of hydrogen-bond acceptors (Lipinski definition) is 4. The van der Waals surface area contributed by atoms with Gasteiger partial charge in [0.2, 0.25) is 5.88 Å². The molecule has 21 heavy (non-hydrogen) atoms. The highest BCUT2D eigenvalue weighted by Gasteiger charge is 2.21. The molecule has 2 aromatic rings. The Labute approximate surface area is 126 Å². The van der Waals surface area contributed by atoms with Crippen molar-refractivity contribution in [2.75, 3.05) is 13.7 Å². The van der Waals surface area contributed by atoms with Crippen molar-refractivity contribution in [2.24, 2.45) is 0 Å². The maximum Gasteiger partial charge on any atom is 0.218 e. The van der Waals surface area contributed by atoms with Crippen LogP contribution < -0.4 is 10.1 Å². The molecule has 0 radical (unpaired) electrons. The van der Waals surface area contributed by atoms with Crippen molar-refractivity contribution in [1.82, 2.24) is 10.3 Å². The number of ether oxygens (including phenoxy) is 1. The van der Waals surface area contributed by atoms with Crippen LogP contribution in [0.4, 0.5) is 0 Å². The van der Waals surface area contributed by atoms with Crippen LogP contribution >= 0.6 is 0 Å². The van der Waals surface area contributed by atoms with E-state index in [0.717, 1.165) is 29.3 Å². The molecule has 1 heterocycles. The fourth-order valence-corrected chi connectivity index (χ4v) is 2.39. The van der Waals surface area contributed by atoms with E-state index in [0.29, 0.717) is 12.4 Å². The lowest BCUT2D eigenvalue weighted by atomic mass is 9.94. The first kappa shape index (κ1) is 15.7. The fourth-order valence-electron chi connectivity index (χ4n) is 2.39. The Kier molecular flexibility index (Phi) is 5.15. The van der Waals surface area contributed by atoms with Gasteiger partial charge in [-0.2, -0.15) is 0 Å². The molecule has 114 valence electrons. The highest BCUT2D eigenvalue weighted by molar-refractivity contribution is 5.80. The minimum Gasteiger partial charge on any atom is -0.481 e. The van der Waals surface area contributed by atoms with Crippen molar-refractivity contribution in [1.29, 1.82) is 0 Å². The van der Waals surface area contributed by atoms with Crippen LogP contribution in [0.25, 0.3) is 10.9 Å². The number of pyridine rings is 1. The lowest BCUT2D eigenvalue weighted by molar-refractivity contribution is 0.214. The number of aliphatic hydroxyl groups is 1. The summed E-state index contributed by atoms with van der Waals surface area (Å²) in [6.45, 7) is 5.11. The lowest BCUT2D eigenvalue weighted by Crippen LogP contribution is -2.42. The normalized spacial score (nSPS) is 14.1. The summed E-state index contributed by atoms with van der Waals surface area (Å²) in [5.74, 6) is 0.656. The Morgan fingerprint density at radius 1 is 1.33 bits per heavy atom. The van der Waals surface area contributed by atoms with Crippen molar-refractivity contribution in [2.45, 2.75) is 38.8 Å². The molecule has 1 unspecified atom stereocenters. The van der Waals surface area contributed by atoms with Crippen molar-refractivity contribution in [3.8, 4) is 5.88 Å². The quantitative estimate of drug-likeness (QED) is 0.822. The van der Waals surface area contributed by atoms with Gasteiger partial charge >= 0.3 is 0 Å². The predicted molar refractivity (Wildman–Crippen MR) is 85.5 cm³/mol. The molecule has 1 atom stereocenters. The molecule has 0 saturated carbocycles.